The zero-order valence-corrected chi connectivity index (χ0v) is 18.1. The number of methoxy groups -OCH3 is 1. The van der Waals surface area contributed by atoms with Crippen molar-refractivity contribution in [3.8, 4) is 17.2 Å². The van der Waals surface area contributed by atoms with Crippen LogP contribution < -0.4 is 24.2 Å². The maximum Gasteiger partial charge on any atom is 0.251 e. The molecule has 0 fully saturated rings. The molecule has 4 rings (SSSR count). The van der Waals surface area contributed by atoms with Gasteiger partial charge in [0.1, 0.15) is 10.6 Å². The number of ether oxygens (including phenoxy) is 3. The van der Waals surface area contributed by atoms with Crippen molar-refractivity contribution in [1.82, 2.24) is 10.0 Å². The van der Waals surface area contributed by atoms with Gasteiger partial charge in [-0.05, 0) is 41.5 Å². The summed E-state index contributed by atoms with van der Waals surface area (Å²) in [5.41, 5.74) is 1.84. The van der Waals surface area contributed by atoms with Crippen LogP contribution in [0.5, 0.6) is 17.2 Å². The number of rotatable bonds is 8. The molecule has 1 aliphatic heterocycles. The Hall–Kier alpha value is -3.56. The summed E-state index contributed by atoms with van der Waals surface area (Å²) in [4.78, 5) is 12.6. The van der Waals surface area contributed by atoms with Gasteiger partial charge in [-0.1, -0.05) is 36.4 Å². The van der Waals surface area contributed by atoms with Gasteiger partial charge in [-0.25, -0.2) is 13.1 Å². The first-order valence-corrected chi connectivity index (χ1v) is 11.3. The van der Waals surface area contributed by atoms with E-state index >= 15 is 0 Å². The summed E-state index contributed by atoms with van der Waals surface area (Å²) < 4.78 is 44.2. The third-order valence-electron chi connectivity index (χ3n) is 4.91. The van der Waals surface area contributed by atoms with Crippen LogP contribution in [0.2, 0.25) is 0 Å². The van der Waals surface area contributed by atoms with E-state index in [-0.39, 0.29) is 36.1 Å². The molecule has 2 N–H and O–H groups in total. The van der Waals surface area contributed by atoms with Crippen molar-refractivity contribution in [1.29, 1.82) is 0 Å². The van der Waals surface area contributed by atoms with Crippen molar-refractivity contribution in [2.24, 2.45) is 0 Å². The van der Waals surface area contributed by atoms with Gasteiger partial charge in [0, 0.05) is 18.7 Å². The van der Waals surface area contributed by atoms with E-state index in [1.807, 2.05) is 36.4 Å². The van der Waals surface area contributed by atoms with Gasteiger partial charge in [0.05, 0.1) is 7.11 Å². The van der Waals surface area contributed by atoms with E-state index in [0.29, 0.717) is 11.5 Å². The second kappa shape index (κ2) is 9.29. The normalized spacial score (nSPS) is 12.4. The summed E-state index contributed by atoms with van der Waals surface area (Å²) in [5, 5.41) is 2.79. The average Bonchev–Trinajstić information content (AvgIpc) is 3.29. The predicted molar refractivity (Wildman–Crippen MR) is 117 cm³/mol. The molecule has 1 heterocycles. The molecule has 0 radical (unpaired) electrons. The zero-order valence-electron chi connectivity index (χ0n) is 17.3. The third kappa shape index (κ3) is 4.84. The van der Waals surface area contributed by atoms with Crippen molar-refractivity contribution < 1.29 is 27.4 Å². The summed E-state index contributed by atoms with van der Waals surface area (Å²) in [6.07, 6.45) is 0. The fraction of sp³-hybridized carbons (Fsp3) is 0.174. The summed E-state index contributed by atoms with van der Waals surface area (Å²) >= 11 is 0. The number of sulfonamides is 1. The highest BCUT2D eigenvalue weighted by Crippen LogP contribution is 2.32. The molecule has 0 bridgehead atoms. The van der Waals surface area contributed by atoms with Crippen LogP contribution >= 0.6 is 0 Å². The molecular weight excluding hydrogens is 432 g/mol. The van der Waals surface area contributed by atoms with Crippen LogP contribution in [0.1, 0.15) is 21.5 Å². The van der Waals surface area contributed by atoms with Gasteiger partial charge in [0.15, 0.2) is 11.5 Å². The van der Waals surface area contributed by atoms with Gasteiger partial charge >= 0.3 is 0 Å². The maximum atomic E-state index is 12.9. The number of fused-ring (bicyclic) bond motifs is 1. The van der Waals surface area contributed by atoms with Crippen LogP contribution in [-0.2, 0) is 23.1 Å². The fourth-order valence-corrected chi connectivity index (χ4v) is 4.43. The second-order valence-corrected chi connectivity index (χ2v) is 8.78. The first-order valence-electron chi connectivity index (χ1n) is 9.84. The monoisotopic (exact) mass is 454 g/mol. The number of carbonyl (C=O) groups excluding carboxylic acids is 1. The van der Waals surface area contributed by atoms with E-state index in [2.05, 4.69) is 10.0 Å². The van der Waals surface area contributed by atoms with Crippen molar-refractivity contribution in [3.05, 3.63) is 83.4 Å². The van der Waals surface area contributed by atoms with E-state index in [9.17, 15) is 13.2 Å². The Balaban J connectivity index is 1.48. The molecule has 0 saturated heterocycles. The Morgan fingerprint density at radius 1 is 0.938 bits per heavy atom. The van der Waals surface area contributed by atoms with Gasteiger partial charge in [-0.2, -0.15) is 0 Å². The zero-order chi connectivity index (χ0) is 22.6. The first kappa shape index (κ1) is 21.7. The molecule has 0 saturated carbocycles. The number of nitrogens with one attached hydrogen (secondary N) is 2. The van der Waals surface area contributed by atoms with Gasteiger partial charge in [0.25, 0.3) is 5.91 Å². The summed E-state index contributed by atoms with van der Waals surface area (Å²) in [7, 11) is -2.54. The van der Waals surface area contributed by atoms with Crippen molar-refractivity contribution in [2.45, 2.75) is 18.0 Å². The van der Waals surface area contributed by atoms with Crippen LogP contribution in [0.25, 0.3) is 0 Å². The van der Waals surface area contributed by atoms with Crippen molar-refractivity contribution >= 4 is 15.9 Å². The summed E-state index contributed by atoms with van der Waals surface area (Å²) in [6, 6.07) is 18.8. The Morgan fingerprint density at radius 3 is 2.50 bits per heavy atom. The Labute approximate surface area is 186 Å². The Morgan fingerprint density at radius 2 is 1.72 bits per heavy atom. The topological polar surface area (TPSA) is 103 Å². The lowest BCUT2D eigenvalue weighted by Gasteiger charge is -2.13. The lowest BCUT2D eigenvalue weighted by atomic mass is 10.1. The molecule has 166 valence electrons. The van der Waals surface area contributed by atoms with Crippen LogP contribution in [-0.4, -0.2) is 28.2 Å². The minimum absolute atomic E-state index is 0.105. The number of hydrogen-bond acceptors (Lipinski definition) is 6. The number of carbonyl (C=O) groups is 1. The smallest absolute Gasteiger partial charge is 0.251 e. The molecule has 1 aliphatic rings. The standard InChI is InChI=1S/C23H22N2O6S/c1-29-20-10-8-18(12-22(20)32(27,28)25-14-16-5-3-2-4-6-16)23(26)24-13-17-7-9-19-21(11-17)31-15-30-19/h2-12,25H,13-15H2,1H3,(H,24,26). The average molecular weight is 455 g/mol. The van der Waals surface area contributed by atoms with E-state index in [4.69, 9.17) is 14.2 Å². The van der Waals surface area contributed by atoms with E-state index in [1.165, 1.54) is 25.3 Å². The van der Waals surface area contributed by atoms with Gasteiger partial charge in [-0.15, -0.1) is 0 Å². The van der Waals surface area contributed by atoms with Crippen LogP contribution in [0.15, 0.2) is 71.6 Å². The molecule has 0 unspecified atom stereocenters. The SMILES string of the molecule is COc1ccc(C(=O)NCc2ccc3c(c2)OCO3)cc1S(=O)(=O)NCc1ccccc1. The van der Waals surface area contributed by atoms with Crippen molar-refractivity contribution in [3.63, 3.8) is 0 Å². The van der Waals surface area contributed by atoms with Crippen LogP contribution in [0, 0.1) is 0 Å². The third-order valence-corrected chi connectivity index (χ3v) is 6.34. The summed E-state index contributed by atoms with van der Waals surface area (Å²) in [5.74, 6) is 1.02. The van der Waals surface area contributed by atoms with E-state index in [0.717, 1.165) is 11.1 Å². The number of benzene rings is 3. The van der Waals surface area contributed by atoms with Gasteiger partial charge < -0.3 is 19.5 Å². The molecule has 3 aromatic carbocycles. The fourth-order valence-electron chi connectivity index (χ4n) is 3.22. The Bertz CT molecular complexity index is 1230. The molecule has 0 aliphatic carbocycles. The molecule has 3 aromatic rings. The molecule has 0 aromatic heterocycles. The molecular formula is C23H22N2O6S. The highest BCUT2D eigenvalue weighted by molar-refractivity contribution is 7.89. The van der Waals surface area contributed by atoms with E-state index in [1.54, 1.807) is 12.1 Å². The Kier molecular flexibility index (Phi) is 6.29. The van der Waals surface area contributed by atoms with E-state index < -0.39 is 15.9 Å². The lowest BCUT2D eigenvalue weighted by molar-refractivity contribution is 0.0950. The highest BCUT2D eigenvalue weighted by Gasteiger charge is 2.22. The molecule has 0 atom stereocenters. The molecule has 8 nitrogen and oxygen atoms in total. The molecule has 32 heavy (non-hydrogen) atoms. The first-order chi connectivity index (χ1) is 15.5. The largest absolute Gasteiger partial charge is 0.495 e. The maximum absolute atomic E-state index is 12.9. The predicted octanol–water partition coefficient (Wildman–Crippen LogP) is 2.83. The van der Waals surface area contributed by atoms with Crippen molar-refractivity contribution in [2.75, 3.05) is 13.9 Å². The highest BCUT2D eigenvalue weighted by atomic mass is 32.2. The lowest BCUT2D eigenvalue weighted by Crippen LogP contribution is -2.26. The second-order valence-electron chi connectivity index (χ2n) is 7.05. The number of hydrogen-bond donors (Lipinski definition) is 2. The quantitative estimate of drug-likeness (QED) is 0.543. The molecule has 0 spiro atoms. The summed E-state index contributed by atoms with van der Waals surface area (Å²) in [6.45, 7) is 0.537. The minimum Gasteiger partial charge on any atom is -0.495 e. The van der Waals surface area contributed by atoms with Gasteiger partial charge in [0.2, 0.25) is 16.8 Å². The van der Waals surface area contributed by atoms with Gasteiger partial charge in [-0.3, -0.25) is 4.79 Å². The minimum atomic E-state index is -3.92. The van der Waals surface area contributed by atoms with Crippen LogP contribution in [0.3, 0.4) is 0 Å². The van der Waals surface area contributed by atoms with Crippen LogP contribution in [0.4, 0.5) is 0 Å². The number of amides is 1. The molecule has 1 amide bonds. The molecule has 9 heteroatoms.